The molecule has 0 bridgehead atoms. The number of aromatic nitrogens is 1. The monoisotopic (exact) mass is 461 g/mol. The molecule has 1 fully saturated rings. The zero-order chi connectivity index (χ0) is 20.8. The number of carbonyl (C=O) groups excluding carboxylic acids is 1. The number of benzene rings is 1. The Morgan fingerprint density at radius 2 is 1.87 bits per heavy atom. The Balaban J connectivity index is 1.29. The van der Waals surface area contributed by atoms with Gasteiger partial charge >= 0.3 is 0 Å². The summed E-state index contributed by atoms with van der Waals surface area (Å²) in [5, 5.41) is 1.23. The lowest BCUT2D eigenvalue weighted by molar-refractivity contribution is 0.0582. The van der Waals surface area contributed by atoms with E-state index in [2.05, 4.69) is 28.9 Å². The summed E-state index contributed by atoms with van der Waals surface area (Å²) in [5.41, 5.74) is 5.80. The summed E-state index contributed by atoms with van der Waals surface area (Å²) in [6.45, 7) is 5.27. The first-order valence-electron chi connectivity index (χ1n) is 10.6. The van der Waals surface area contributed by atoms with Crippen molar-refractivity contribution >= 4 is 51.3 Å². The van der Waals surface area contributed by atoms with Gasteiger partial charge in [0.1, 0.15) is 0 Å². The summed E-state index contributed by atoms with van der Waals surface area (Å²) >= 11 is 13.9. The van der Waals surface area contributed by atoms with Gasteiger partial charge in [0.25, 0.3) is 5.91 Å². The van der Waals surface area contributed by atoms with Crippen molar-refractivity contribution in [1.82, 2.24) is 14.8 Å². The van der Waals surface area contributed by atoms with E-state index in [0.717, 1.165) is 64.3 Å². The van der Waals surface area contributed by atoms with E-state index in [1.54, 1.807) is 0 Å². The minimum Gasteiger partial charge on any atom is -0.358 e. The number of piperazine rings is 1. The van der Waals surface area contributed by atoms with E-state index in [1.165, 1.54) is 40.8 Å². The first-order chi connectivity index (χ1) is 14.5. The number of fused-ring (bicyclic) bond motifs is 3. The van der Waals surface area contributed by atoms with E-state index in [0.29, 0.717) is 0 Å². The van der Waals surface area contributed by atoms with Crippen LogP contribution in [0.15, 0.2) is 24.3 Å². The quantitative estimate of drug-likeness (QED) is 0.524. The van der Waals surface area contributed by atoms with E-state index in [-0.39, 0.29) is 11.9 Å². The molecular formula is C23H25Cl2N3OS. The molecule has 2 aromatic heterocycles. The van der Waals surface area contributed by atoms with Crippen molar-refractivity contribution in [3.63, 3.8) is 0 Å². The van der Waals surface area contributed by atoms with E-state index in [4.69, 9.17) is 23.2 Å². The number of nitrogens with one attached hydrogen (secondary N) is 1. The molecule has 4 nitrogen and oxygen atoms in total. The highest BCUT2D eigenvalue weighted by Gasteiger charge is 2.27. The van der Waals surface area contributed by atoms with Crippen LogP contribution in [0.25, 0.3) is 10.9 Å². The predicted octanol–water partition coefficient (Wildman–Crippen LogP) is 5.93. The summed E-state index contributed by atoms with van der Waals surface area (Å²) < 4.78 is 1.48. The predicted molar refractivity (Wildman–Crippen MR) is 125 cm³/mol. The first-order valence-corrected chi connectivity index (χ1v) is 12.2. The Bertz CT molecular complexity index is 1100. The molecule has 1 unspecified atom stereocenters. The molecule has 1 atom stereocenters. The van der Waals surface area contributed by atoms with E-state index < -0.39 is 0 Å². The second-order valence-corrected chi connectivity index (χ2v) is 10.6. The standard InChI is InChI=1S/C23H25Cl2N3OS/c1-14(17-13-21(24)30-22(17)25)27-8-10-28(11-9-27)23(29)15-6-7-20-18(12-15)16-4-2-3-5-19(16)26-20/h6-7,12-14,26H,2-5,8-11H2,1H3. The number of aryl methyl sites for hydroxylation is 2. The molecular weight excluding hydrogens is 437 g/mol. The van der Waals surface area contributed by atoms with Gasteiger partial charge in [-0.1, -0.05) is 23.2 Å². The molecule has 0 radical (unpaired) electrons. The normalized spacial score (nSPS) is 18.6. The SMILES string of the molecule is CC(c1cc(Cl)sc1Cl)N1CCN(C(=O)c2ccc3[nH]c4c(c3c2)CCCC4)CC1. The molecule has 0 spiro atoms. The molecule has 1 saturated heterocycles. The van der Waals surface area contributed by atoms with Crippen LogP contribution in [0.4, 0.5) is 0 Å². The van der Waals surface area contributed by atoms with Gasteiger partial charge in [-0.25, -0.2) is 0 Å². The van der Waals surface area contributed by atoms with Crippen LogP contribution in [0.3, 0.4) is 0 Å². The summed E-state index contributed by atoms with van der Waals surface area (Å²) in [7, 11) is 0. The lowest BCUT2D eigenvalue weighted by Crippen LogP contribution is -2.49. The number of amides is 1. The molecule has 158 valence electrons. The molecule has 3 heterocycles. The third kappa shape index (κ3) is 3.66. The minimum atomic E-state index is 0.131. The summed E-state index contributed by atoms with van der Waals surface area (Å²) in [6.07, 6.45) is 4.71. The number of hydrogen-bond acceptors (Lipinski definition) is 3. The second-order valence-electron chi connectivity index (χ2n) is 8.33. The average Bonchev–Trinajstić information content (AvgIpc) is 3.31. The Hall–Kier alpha value is -1.53. The van der Waals surface area contributed by atoms with Crippen LogP contribution in [0.1, 0.15) is 53.0 Å². The van der Waals surface area contributed by atoms with E-state index >= 15 is 0 Å². The highest BCUT2D eigenvalue weighted by molar-refractivity contribution is 7.20. The van der Waals surface area contributed by atoms with E-state index in [9.17, 15) is 4.79 Å². The Kier molecular flexibility index (Phi) is 5.56. The smallest absolute Gasteiger partial charge is 0.253 e. The van der Waals surface area contributed by atoms with Crippen molar-refractivity contribution in [3.8, 4) is 0 Å². The summed E-state index contributed by atoms with van der Waals surface area (Å²) in [4.78, 5) is 21.1. The summed E-state index contributed by atoms with van der Waals surface area (Å²) in [6, 6.07) is 8.29. The van der Waals surface area contributed by atoms with Crippen LogP contribution in [0.5, 0.6) is 0 Å². The molecule has 3 aromatic rings. The van der Waals surface area contributed by atoms with Crippen molar-refractivity contribution in [1.29, 1.82) is 0 Å². The molecule has 1 N–H and O–H groups in total. The fraction of sp³-hybridized carbons (Fsp3) is 0.435. The molecule has 1 aliphatic heterocycles. The average molecular weight is 462 g/mol. The Morgan fingerprint density at radius 1 is 1.10 bits per heavy atom. The highest BCUT2D eigenvalue weighted by Crippen LogP contribution is 2.37. The van der Waals surface area contributed by atoms with Crippen molar-refractivity contribution in [3.05, 3.63) is 55.3 Å². The number of halogens is 2. The van der Waals surface area contributed by atoms with E-state index in [1.807, 2.05) is 17.0 Å². The fourth-order valence-corrected chi connectivity index (χ4v) is 6.50. The zero-order valence-electron chi connectivity index (χ0n) is 17.0. The van der Waals surface area contributed by atoms with Gasteiger partial charge in [-0.15, -0.1) is 11.3 Å². The minimum absolute atomic E-state index is 0.131. The fourth-order valence-electron chi connectivity index (χ4n) is 4.87. The maximum atomic E-state index is 13.2. The molecule has 1 aromatic carbocycles. The van der Waals surface area contributed by atoms with Gasteiger partial charge in [0.15, 0.2) is 0 Å². The third-order valence-electron chi connectivity index (χ3n) is 6.63. The highest BCUT2D eigenvalue weighted by atomic mass is 35.5. The van der Waals surface area contributed by atoms with Gasteiger partial charge in [0.05, 0.1) is 8.67 Å². The van der Waals surface area contributed by atoms with Crippen LogP contribution in [-0.4, -0.2) is 46.9 Å². The zero-order valence-corrected chi connectivity index (χ0v) is 19.3. The van der Waals surface area contributed by atoms with Gasteiger partial charge in [0.2, 0.25) is 0 Å². The number of carbonyl (C=O) groups is 1. The molecule has 1 amide bonds. The molecule has 30 heavy (non-hydrogen) atoms. The lowest BCUT2D eigenvalue weighted by Gasteiger charge is -2.38. The van der Waals surface area contributed by atoms with Crippen LogP contribution >= 0.6 is 34.5 Å². The molecule has 2 aliphatic rings. The van der Waals surface area contributed by atoms with Crippen LogP contribution in [0.2, 0.25) is 8.67 Å². The van der Waals surface area contributed by atoms with Gasteiger partial charge in [-0.3, -0.25) is 9.69 Å². The van der Waals surface area contributed by atoms with Crippen molar-refractivity contribution in [2.45, 2.75) is 38.6 Å². The number of hydrogen-bond donors (Lipinski definition) is 1. The van der Waals surface area contributed by atoms with Crippen LogP contribution < -0.4 is 0 Å². The molecule has 7 heteroatoms. The molecule has 1 aliphatic carbocycles. The topological polar surface area (TPSA) is 39.3 Å². The van der Waals surface area contributed by atoms with Gasteiger partial charge in [-0.2, -0.15) is 0 Å². The van der Waals surface area contributed by atoms with Crippen molar-refractivity contribution in [2.75, 3.05) is 26.2 Å². The largest absolute Gasteiger partial charge is 0.358 e. The number of nitrogens with zero attached hydrogens (tertiary/aromatic N) is 2. The lowest BCUT2D eigenvalue weighted by atomic mass is 9.95. The van der Waals surface area contributed by atoms with Crippen LogP contribution in [-0.2, 0) is 12.8 Å². The summed E-state index contributed by atoms with van der Waals surface area (Å²) in [5.74, 6) is 0.131. The molecule has 5 rings (SSSR count). The Labute approximate surface area is 190 Å². The number of aromatic amines is 1. The van der Waals surface area contributed by atoms with Crippen molar-refractivity contribution < 1.29 is 4.79 Å². The second kappa shape index (κ2) is 8.19. The Morgan fingerprint density at radius 3 is 2.60 bits per heavy atom. The van der Waals surface area contributed by atoms with Gasteiger partial charge < -0.3 is 9.88 Å². The third-order valence-corrected chi connectivity index (χ3v) is 8.15. The van der Waals surface area contributed by atoms with Crippen LogP contribution in [0, 0.1) is 0 Å². The maximum Gasteiger partial charge on any atom is 0.253 e. The van der Waals surface area contributed by atoms with Gasteiger partial charge in [-0.05, 0) is 62.4 Å². The van der Waals surface area contributed by atoms with Crippen molar-refractivity contribution in [2.24, 2.45) is 0 Å². The first kappa shape index (κ1) is 20.4. The number of rotatable bonds is 3. The molecule has 0 saturated carbocycles. The maximum absolute atomic E-state index is 13.2. The number of H-pyrrole nitrogens is 1. The van der Waals surface area contributed by atoms with Gasteiger partial charge in [0, 0.05) is 59.9 Å². The number of thiophene rings is 1.